The Morgan fingerprint density at radius 1 is 1.12 bits per heavy atom. The molecular weight excluding hydrogens is 317 g/mol. The maximum Gasteiger partial charge on any atom is 0.221 e. The molecule has 25 heavy (non-hydrogen) atoms. The highest BCUT2D eigenvalue weighted by atomic mass is 19.1. The molecule has 2 aromatic carbocycles. The van der Waals surface area contributed by atoms with Crippen molar-refractivity contribution in [1.82, 2.24) is 16.2 Å². The molecule has 1 fully saturated rings. The fourth-order valence-corrected chi connectivity index (χ4v) is 3.39. The normalized spacial score (nSPS) is 24.0. The third-order valence-corrected chi connectivity index (χ3v) is 4.80. The van der Waals surface area contributed by atoms with Gasteiger partial charge in [0.15, 0.2) is 0 Å². The summed E-state index contributed by atoms with van der Waals surface area (Å²) in [5, 5.41) is 3.07. The first-order valence-electron chi connectivity index (χ1n) is 8.65. The van der Waals surface area contributed by atoms with Crippen molar-refractivity contribution in [3.63, 3.8) is 0 Å². The van der Waals surface area contributed by atoms with Gasteiger partial charge in [0.25, 0.3) is 0 Å². The number of amides is 1. The number of hydrazine groups is 1. The van der Waals surface area contributed by atoms with Crippen LogP contribution in [0.2, 0.25) is 0 Å². The van der Waals surface area contributed by atoms with Crippen molar-refractivity contribution in [3.05, 3.63) is 71.5 Å². The van der Waals surface area contributed by atoms with Crippen LogP contribution in [0.1, 0.15) is 43.2 Å². The largest absolute Gasteiger partial charge is 0.339 e. The molecule has 1 aliphatic heterocycles. The van der Waals surface area contributed by atoms with Crippen LogP contribution in [0.15, 0.2) is 54.6 Å². The Balaban J connectivity index is 1.64. The van der Waals surface area contributed by atoms with Crippen molar-refractivity contribution in [2.75, 3.05) is 0 Å². The zero-order valence-electron chi connectivity index (χ0n) is 14.5. The Kier molecular flexibility index (Phi) is 5.46. The predicted octanol–water partition coefficient (Wildman–Crippen LogP) is 3.04. The van der Waals surface area contributed by atoms with E-state index in [0.717, 1.165) is 11.1 Å². The van der Waals surface area contributed by atoms with Gasteiger partial charge in [-0.1, -0.05) is 49.4 Å². The third kappa shape index (κ3) is 4.24. The molecule has 5 heteroatoms. The molecule has 3 rings (SSSR count). The summed E-state index contributed by atoms with van der Waals surface area (Å²) in [6.07, 6.45) is 0.197. The first-order chi connectivity index (χ1) is 12.0. The monoisotopic (exact) mass is 341 g/mol. The average Bonchev–Trinajstić information content (AvgIpc) is 2.96. The Hall–Kier alpha value is -2.24. The molecule has 1 aliphatic rings. The molecule has 1 heterocycles. The highest BCUT2D eigenvalue weighted by Gasteiger charge is 2.35. The van der Waals surface area contributed by atoms with Gasteiger partial charge in [-0.15, -0.1) is 0 Å². The van der Waals surface area contributed by atoms with Gasteiger partial charge in [0, 0.05) is 18.4 Å². The van der Waals surface area contributed by atoms with Crippen molar-refractivity contribution < 1.29 is 9.18 Å². The molecule has 0 bridgehead atoms. The molecular formula is C20H24FN3O. The van der Waals surface area contributed by atoms with Gasteiger partial charge in [0.05, 0.1) is 0 Å². The maximum absolute atomic E-state index is 13.2. The average molecular weight is 341 g/mol. The molecule has 132 valence electrons. The van der Waals surface area contributed by atoms with Gasteiger partial charge >= 0.3 is 0 Å². The summed E-state index contributed by atoms with van der Waals surface area (Å²) < 4.78 is 13.2. The smallest absolute Gasteiger partial charge is 0.221 e. The number of hydrogen-bond acceptors (Lipinski definition) is 3. The van der Waals surface area contributed by atoms with Gasteiger partial charge < -0.3 is 5.32 Å². The van der Waals surface area contributed by atoms with Crippen LogP contribution in [0, 0.1) is 5.82 Å². The second kappa shape index (κ2) is 7.76. The van der Waals surface area contributed by atoms with Gasteiger partial charge in [0.1, 0.15) is 12.0 Å². The number of carbonyl (C=O) groups is 1. The summed E-state index contributed by atoms with van der Waals surface area (Å²) in [4.78, 5) is 12.5. The van der Waals surface area contributed by atoms with Crippen LogP contribution in [0.5, 0.6) is 0 Å². The first-order valence-corrected chi connectivity index (χ1v) is 8.65. The molecule has 1 saturated heterocycles. The third-order valence-electron chi connectivity index (χ3n) is 4.80. The van der Waals surface area contributed by atoms with Crippen LogP contribution in [-0.2, 0) is 4.79 Å². The number of benzene rings is 2. The second-order valence-electron chi connectivity index (χ2n) is 6.72. The quantitative estimate of drug-likeness (QED) is 0.783. The Labute approximate surface area is 147 Å². The van der Waals surface area contributed by atoms with E-state index in [-0.39, 0.29) is 35.8 Å². The van der Waals surface area contributed by atoms with Crippen molar-refractivity contribution >= 4 is 5.91 Å². The summed E-state index contributed by atoms with van der Waals surface area (Å²) in [5.41, 5.74) is 8.45. The molecule has 4 unspecified atom stereocenters. The van der Waals surface area contributed by atoms with Crippen molar-refractivity contribution in [3.8, 4) is 0 Å². The number of nitrogens with one attached hydrogen (secondary N) is 3. The van der Waals surface area contributed by atoms with E-state index in [0.29, 0.717) is 6.42 Å². The Bertz CT molecular complexity index is 705. The fourth-order valence-electron chi connectivity index (χ4n) is 3.39. The van der Waals surface area contributed by atoms with Gasteiger partial charge in [-0.05, 0) is 36.1 Å². The summed E-state index contributed by atoms with van der Waals surface area (Å²) in [7, 11) is 0. The highest BCUT2D eigenvalue weighted by molar-refractivity contribution is 5.77. The zero-order chi connectivity index (χ0) is 17.8. The lowest BCUT2D eigenvalue weighted by Gasteiger charge is -2.23. The fraction of sp³-hybridized carbons (Fsp3) is 0.350. The van der Waals surface area contributed by atoms with E-state index >= 15 is 0 Å². The highest BCUT2D eigenvalue weighted by Crippen LogP contribution is 2.26. The zero-order valence-corrected chi connectivity index (χ0v) is 14.5. The van der Waals surface area contributed by atoms with Gasteiger partial charge in [0.2, 0.25) is 5.91 Å². The molecule has 0 aromatic heterocycles. The lowest BCUT2D eigenvalue weighted by molar-refractivity contribution is -0.122. The molecule has 3 N–H and O–H groups in total. The van der Waals surface area contributed by atoms with Crippen molar-refractivity contribution in [1.29, 1.82) is 0 Å². The summed E-state index contributed by atoms with van der Waals surface area (Å²) in [6, 6.07) is 16.6. The predicted molar refractivity (Wildman–Crippen MR) is 96.3 cm³/mol. The first kappa shape index (κ1) is 17.6. The van der Waals surface area contributed by atoms with Crippen LogP contribution in [-0.4, -0.2) is 18.1 Å². The maximum atomic E-state index is 13.2. The van der Waals surface area contributed by atoms with E-state index < -0.39 is 0 Å². The van der Waals surface area contributed by atoms with Crippen LogP contribution < -0.4 is 16.2 Å². The topological polar surface area (TPSA) is 53.2 Å². The summed E-state index contributed by atoms with van der Waals surface area (Å²) in [6.45, 7) is 4.09. The molecule has 4 nitrogen and oxygen atoms in total. The van der Waals surface area contributed by atoms with Crippen LogP contribution >= 0.6 is 0 Å². The lowest BCUT2D eigenvalue weighted by Crippen LogP contribution is -2.46. The van der Waals surface area contributed by atoms with Gasteiger partial charge in [-0.3, -0.25) is 10.2 Å². The van der Waals surface area contributed by atoms with E-state index in [9.17, 15) is 9.18 Å². The van der Waals surface area contributed by atoms with Crippen molar-refractivity contribution in [2.45, 2.75) is 44.3 Å². The van der Waals surface area contributed by atoms with Gasteiger partial charge in [-0.2, -0.15) is 0 Å². The number of halogens is 1. The number of carbonyl (C=O) groups excluding carboxylic acids is 1. The standard InChI is InChI=1S/C20H24FN3O/c1-13(15-6-4-3-5-7-15)12-18(25)22-20-19(14(2)23-24-20)16-8-10-17(21)11-9-16/h3-11,13-14,19-20,23-24H,12H2,1-2H3,(H,22,25). The molecule has 0 aliphatic carbocycles. The van der Waals surface area contributed by atoms with E-state index in [1.165, 1.54) is 12.1 Å². The van der Waals surface area contributed by atoms with Crippen LogP contribution in [0.4, 0.5) is 4.39 Å². The second-order valence-corrected chi connectivity index (χ2v) is 6.72. The molecule has 4 atom stereocenters. The summed E-state index contributed by atoms with van der Waals surface area (Å²) >= 11 is 0. The van der Waals surface area contributed by atoms with Crippen molar-refractivity contribution in [2.24, 2.45) is 0 Å². The Morgan fingerprint density at radius 3 is 2.48 bits per heavy atom. The molecule has 1 amide bonds. The minimum Gasteiger partial charge on any atom is -0.339 e. The number of rotatable bonds is 5. The van der Waals surface area contributed by atoms with E-state index in [4.69, 9.17) is 0 Å². The molecule has 2 aromatic rings. The van der Waals surface area contributed by atoms with E-state index in [1.807, 2.05) is 37.3 Å². The minimum absolute atomic E-state index is 0.00290. The molecule has 0 radical (unpaired) electrons. The van der Waals surface area contributed by atoms with Crippen LogP contribution in [0.25, 0.3) is 0 Å². The van der Waals surface area contributed by atoms with Gasteiger partial charge in [-0.25, -0.2) is 9.82 Å². The molecule has 0 spiro atoms. The SMILES string of the molecule is CC(CC(=O)NC1NNC(C)C1c1ccc(F)cc1)c1ccccc1. The minimum atomic E-state index is -0.257. The van der Waals surface area contributed by atoms with Crippen LogP contribution in [0.3, 0.4) is 0 Å². The van der Waals surface area contributed by atoms with E-state index in [1.54, 1.807) is 12.1 Å². The number of hydrogen-bond donors (Lipinski definition) is 3. The molecule has 0 saturated carbocycles. The summed E-state index contributed by atoms with van der Waals surface area (Å²) in [5.74, 6) is -0.0710. The van der Waals surface area contributed by atoms with E-state index in [2.05, 4.69) is 23.1 Å². The lowest BCUT2D eigenvalue weighted by atomic mass is 9.91. The Morgan fingerprint density at radius 2 is 1.80 bits per heavy atom.